The second-order valence-electron chi connectivity index (χ2n) is 4.36. The Labute approximate surface area is 106 Å². The molecule has 0 saturated heterocycles. The third-order valence-electron chi connectivity index (χ3n) is 2.89. The Balaban J connectivity index is 1.77. The lowest BCUT2D eigenvalue weighted by Gasteiger charge is -2.16. The first-order valence-corrected chi connectivity index (χ1v) is 6.18. The minimum Gasteiger partial charge on any atom is -0.469 e. The standard InChI is InChI=1S/C12H16N2O2S/c13-12(17)11(8-3-4-8)14-10(15)6-5-9-2-1-7-16-9/h1-2,7-8,11H,3-6H2,(H2,13,17)(H,14,15). The molecule has 92 valence electrons. The van der Waals surface area contributed by atoms with Crippen molar-refractivity contribution in [3.05, 3.63) is 24.2 Å². The summed E-state index contributed by atoms with van der Waals surface area (Å²) < 4.78 is 5.17. The molecule has 1 aromatic rings. The van der Waals surface area contributed by atoms with Crippen molar-refractivity contribution in [1.82, 2.24) is 5.32 Å². The summed E-state index contributed by atoms with van der Waals surface area (Å²) in [7, 11) is 0. The molecule has 1 aliphatic carbocycles. The van der Waals surface area contributed by atoms with Crippen molar-refractivity contribution in [2.45, 2.75) is 31.7 Å². The molecule has 0 spiro atoms. The number of nitrogens with one attached hydrogen (secondary N) is 1. The average Bonchev–Trinajstić information content (AvgIpc) is 2.99. The van der Waals surface area contributed by atoms with Crippen molar-refractivity contribution < 1.29 is 9.21 Å². The van der Waals surface area contributed by atoms with E-state index in [4.69, 9.17) is 22.4 Å². The van der Waals surface area contributed by atoms with Crippen LogP contribution in [0.2, 0.25) is 0 Å². The summed E-state index contributed by atoms with van der Waals surface area (Å²) >= 11 is 4.96. The number of carbonyl (C=O) groups is 1. The lowest BCUT2D eigenvalue weighted by atomic mass is 10.1. The monoisotopic (exact) mass is 252 g/mol. The van der Waals surface area contributed by atoms with E-state index in [0.717, 1.165) is 18.6 Å². The third-order valence-corrected chi connectivity index (χ3v) is 3.15. The van der Waals surface area contributed by atoms with Crippen LogP contribution >= 0.6 is 12.2 Å². The lowest BCUT2D eigenvalue weighted by Crippen LogP contribution is -2.45. The normalized spacial score (nSPS) is 16.5. The van der Waals surface area contributed by atoms with Crippen LogP contribution in [0, 0.1) is 5.92 Å². The van der Waals surface area contributed by atoms with Gasteiger partial charge < -0.3 is 15.5 Å². The minimum atomic E-state index is -0.130. The highest BCUT2D eigenvalue weighted by molar-refractivity contribution is 7.80. The van der Waals surface area contributed by atoms with Gasteiger partial charge >= 0.3 is 0 Å². The summed E-state index contributed by atoms with van der Waals surface area (Å²) in [6.07, 6.45) is 4.81. The molecule has 1 amide bonds. The van der Waals surface area contributed by atoms with Gasteiger partial charge in [0.1, 0.15) is 5.76 Å². The highest BCUT2D eigenvalue weighted by Crippen LogP contribution is 2.32. The summed E-state index contributed by atoms with van der Waals surface area (Å²) in [5.74, 6) is 1.24. The number of hydrogen-bond donors (Lipinski definition) is 2. The Kier molecular flexibility index (Phi) is 3.78. The van der Waals surface area contributed by atoms with Crippen LogP contribution in [0.4, 0.5) is 0 Å². The van der Waals surface area contributed by atoms with Crippen molar-refractivity contribution in [3.8, 4) is 0 Å². The fraction of sp³-hybridized carbons (Fsp3) is 0.500. The number of aryl methyl sites for hydroxylation is 1. The first-order chi connectivity index (χ1) is 8.16. The molecule has 17 heavy (non-hydrogen) atoms. The van der Waals surface area contributed by atoms with Gasteiger partial charge in [0.15, 0.2) is 0 Å². The molecule has 1 saturated carbocycles. The molecule has 1 unspecified atom stereocenters. The topological polar surface area (TPSA) is 68.3 Å². The van der Waals surface area contributed by atoms with Crippen LogP contribution in [-0.2, 0) is 11.2 Å². The first-order valence-electron chi connectivity index (χ1n) is 5.78. The summed E-state index contributed by atoms with van der Waals surface area (Å²) in [6, 6.07) is 3.54. The zero-order valence-electron chi connectivity index (χ0n) is 9.52. The number of furan rings is 1. The maximum absolute atomic E-state index is 11.7. The molecule has 0 bridgehead atoms. The largest absolute Gasteiger partial charge is 0.469 e. The summed E-state index contributed by atoms with van der Waals surface area (Å²) in [6.45, 7) is 0. The van der Waals surface area contributed by atoms with Gasteiger partial charge in [-0.15, -0.1) is 0 Å². The molecular weight excluding hydrogens is 236 g/mol. The molecule has 1 fully saturated rings. The fourth-order valence-electron chi connectivity index (χ4n) is 1.79. The van der Waals surface area contributed by atoms with Gasteiger partial charge in [0.2, 0.25) is 5.91 Å². The highest BCUT2D eigenvalue weighted by Gasteiger charge is 2.33. The van der Waals surface area contributed by atoms with Gasteiger partial charge in [-0.2, -0.15) is 0 Å². The zero-order chi connectivity index (χ0) is 12.3. The zero-order valence-corrected chi connectivity index (χ0v) is 10.3. The molecule has 1 atom stereocenters. The number of hydrogen-bond acceptors (Lipinski definition) is 3. The number of rotatable bonds is 6. The van der Waals surface area contributed by atoms with Gasteiger partial charge in [-0.3, -0.25) is 4.79 Å². The summed E-state index contributed by atoms with van der Waals surface area (Å²) in [4.78, 5) is 12.1. The van der Waals surface area contributed by atoms with E-state index in [1.807, 2.05) is 12.1 Å². The fourth-order valence-corrected chi connectivity index (χ4v) is 2.04. The molecule has 0 radical (unpaired) electrons. The number of nitrogens with two attached hydrogens (primary N) is 1. The van der Waals surface area contributed by atoms with Crippen LogP contribution in [0.5, 0.6) is 0 Å². The van der Waals surface area contributed by atoms with Crippen LogP contribution in [0.15, 0.2) is 22.8 Å². The first kappa shape index (κ1) is 12.1. The Morgan fingerprint density at radius 1 is 1.65 bits per heavy atom. The van der Waals surface area contributed by atoms with Crippen LogP contribution in [0.1, 0.15) is 25.0 Å². The van der Waals surface area contributed by atoms with Crippen molar-refractivity contribution in [2.75, 3.05) is 0 Å². The van der Waals surface area contributed by atoms with Gasteiger partial charge in [0.05, 0.1) is 17.3 Å². The van der Waals surface area contributed by atoms with Crippen molar-refractivity contribution in [2.24, 2.45) is 11.7 Å². The van der Waals surface area contributed by atoms with E-state index in [-0.39, 0.29) is 11.9 Å². The third kappa shape index (κ3) is 3.56. The molecule has 1 aliphatic rings. The van der Waals surface area contributed by atoms with E-state index in [1.54, 1.807) is 6.26 Å². The molecule has 5 heteroatoms. The van der Waals surface area contributed by atoms with Gasteiger partial charge in [0, 0.05) is 12.8 Å². The molecule has 3 N–H and O–H groups in total. The van der Waals surface area contributed by atoms with E-state index in [9.17, 15) is 4.79 Å². The van der Waals surface area contributed by atoms with Crippen LogP contribution < -0.4 is 11.1 Å². The van der Waals surface area contributed by atoms with Gasteiger partial charge in [-0.25, -0.2) is 0 Å². The Hall–Kier alpha value is -1.36. The van der Waals surface area contributed by atoms with Crippen LogP contribution in [0.25, 0.3) is 0 Å². The summed E-state index contributed by atoms with van der Waals surface area (Å²) in [5.41, 5.74) is 5.61. The maximum Gasteiger partial charge on any atom is 0.221 e. The highest BCUT2D eigenvalue weighted by atomic mass is 32.1. The lowest BCUT2D eigenvalue weighted by molar-refractivity contribution is -0.121. The number of amides is 1. The Bertz CT molecular complexity index is 399. The molecule has 2 rings (SSSR count). The van der Waals surface area contributed by atoms with Gasteiger partial charge in [0.25, 0.3) is 0 Å². The maximum atomic E-state index is 11.7. The van der Waals surface area contributed by atoms with Crippen molar-refractivity contribution >= 4 is 23.1 Å². The minimum absolute atomic E-state index is 0.0221. The quantitative estimate of drug-likeness (QED) is 0.751. The predicted molar refractivity (Wildman–Crippen MR) is 68.5 cm³/mol. The van der Waals surface area contributed by atoms with Crippen LogP contribution in [-0.4, -0.2) is 16.9 Å². The van der Waals surface area contributed by atoms with E-state index in [0.29, 0.717) is 23.7 Å². The van der Waals surface area contributed by atoms with Crippen LogP contribution in [0.3, 0.4) is 0 Å². The second-order valence-corrected chi connectivity index (χ2v) is 4.84. The average molecular weight is 252 g/mol. The molecule has 4 nitrogen and oxygen atoms in total. The smallest absolute Gasteiger partial charge is 0.221 e. The molecule has 1 aromatic heterocycles. The van der Waals surface area contributed by atoms with Crippen molar-refractivity contribution in [3.63, 3.8) is 0 Å². The predicted octanol–water partition coefficient (Wildman–Crippen LogP) is 1.39. The van der Waals surface area contributed by atoms with Gasteiger partial charge in [-0.05, 0) is 30.9 Å². The van der Waals surface area contributed by atoms with E-state index in [1.165, 1.54) is 0 Å². The summed E-state index contributed by atoms with van der Waals surface area (Å²) in [5, 5.41) is 2.89. The molecule has 0 aliphatic heterocycles. The number of carbonyl (C=O) groups excluding carboxylic acids is 1. The Morgan fingerprint density at radius 2 is 2.41 bits per heavy atom. The molecular formula is C12H16N2O2S. The van der Waals surface area contributed by atoms with E-state index >= 15 is 0 Å². The van der Waals surface area contributed by atoms with E-state index < -0.39 is 0 Å². The van der Waals surface area contributed by atoms with Crippen molar-refractivity contribution in [1.29, 1.82) is 0 Å². The van der Waals surface area contributed by atoms with E-state index in [2.05, 4.69) is 5.32 Å². The molecule has 0 aromatic carbocycles. The SMILES string of the molecule is NC(=S)C(NC(=O)CCc1ccco1)C1CC1. The molecule has 1 heterocycles. The number of thiocarbonyl (C=S) groups is 1. The van der Waals surface area contributed by atoms with Gasteiger partial charge in [-0.1, -0.05) is 12.2 Å². The second kappa shape index (κ2) is 5.31. The Morgan fingerprint density at radius 3 is 2.94 bits per heavy atom.